The van der Waals surface area contributed by atoms with Gasteiger partial charge in [0.25, 0.3) is 0 Å². The minimum Gasteiger partial charge on any atom is -0.497 e. The van der Waals surface area contributed by atoms with Crippen molar-refractivity contribution in [3.05, 3.63) is 65.2 Å². The SMILES string of the molecule is CCOC(=O)[C@@H]1C(=O)C=C(c2ccc(C)cc2)C[C@@H]1c1cc(OC)cc(OC)c1. The fraction of sp³-hybridized carbons (Fsp3) is 0.333. The Morgan fingerprint density at radius 3 is 2.21 bits per heavy atom. The lowest BCUT2D eigenvalue weighted by Crippen LogP contribution is -2.34. The van der Waals surface area contributed by atoms with E-state index in [0.29, 0.717) is 17.9 Å². The summed E-state index contributed by atoms with van der Waals surface area (Å²) < 4.78 is 16.0. The first-order valence-corrected chi connectivity index (χ1v) is 9.67. The number of carbonyl (C=O) groups excluding carboxylic acids is 2. The van der Waals surface area contributed by atoms with Crippen molar-refractivity contribution in [2.45, 2.75) is 26.2 Å². The zero-order valence-electron chi connectivity index (χ0n) is 17.2. The highest BCUT2D eigenvalue weighted by Crippen LogP contribution is 2.42. The average molecular weight is 394 g/mol. The summed E-state index contributed by atoms with van der Waals surface area (Å²) >= 11 is 0. The van der Waals surface area contributed by atoms with E-state index in [1.165, 1.54) is 0 Å². The molecule has 0 N–H and O–H groups in total. The van der Waals surface area contributed by atoms with Gasteiger partial charge in [0, 0.05) is 12.0 Å². The van der Waals surface area contributed by atoms with Crippen molar-refractivity contribution >= 4 is 17.3 Å². The maximum absolute atomic E-state index is 13.0. The predicted octanol–water partition coefficient (Wildman–Crippen LogP) is 4.33. The number of methoxy groups -OCH3 is 2. The number of allylic oxidation sites excluding steroid dienone is 2. The Morgan fingerprint density at radius 2 is 1.66 bits per heavy atom. The Kier molecular flexibility index (Phi) is 6.37. The Bertz CT molecular complexity index is 905. The molecule has 2 aromatic carbocycles. The highest BCUT2D eigenvalue weighted by Gasteiger charge is 2.40. The van der Waals surface area contributed by atoms with Crippen molar-refractivity contribution in [1.82, 2.24) is 0 Å². The van der Waals surface area contributed by atoms with Crippen LogP contribution in [0.15, 0.2) is 48.5 Å². The van der Waals surface area contributed by atoms with Gasteiger partial charge in [-0.1, -0.05) is 29.8 Å². The van der Waals surface area contributed by atoms with Crippen molar-refractivity contribution in [2.24, 2.45) is 5.92 Å². The van der Waals surface area contributed by atoms with E-state index >= 15 is 0 Å². The van der Waals surface area contributed by atoms with Crippen LogP contribution in [0, 0.1) is 12.8 Å². The molecule has 0 spiro atoms. The first kappa shape index (κ1) is 20.6. The third-order valence-corrected chi connectivity index (χ3v) is 5.23. The largest absolute Gasteiger partial charge is 0.497 e. The molecular formula is C24H26O5. The van der Waals surface area contributed by atoms with Crippen molar-refractivity contribution in [1.29, 1.82) is 0 Å². The molecule has 1 aliphatic carbocycles. The smallest absolute Gasteiger partial charge is 0.317 e. The molecule has 2 aromatic rings. The molecule has 152 valence electrons. The first-order chi connectivity index (χ1) is 14.0. The molecule has 2 atom stereocenters. The molecule has 3 rings (SSSR count). The first-order valence-electron chi connectivity index (χ1n) is 9.67. The van der Waals surface area contributed by atoms with Gasteiger partial charge in [0.2, 0.25) is 0 Å². The zero-order chi connectivity index (χ0) is 21.0. The summed E-state index contributed by atoms with van der Waals surface area (Å²) in [5, 5.41) is 0. The maximum atomic E-state index is 13.0. The number of hydrogen-bond donors (Lipinski definition) is 0. The summed E-state index contributed by atoms with van der Waals surface area (Å²) in [5.74, 6) is -0.768. The average Bonchev–Trinajstić information content (AvgIpc) is 2.73. The number of ether oxygens (including phenoxy) is 3. The number of esters is 1. The number of ketones is 1. The molecule has 0 unspecified atom stereocenters. The van der Waals surface area contributed by atoms with Crippen LogP contribution in [0.2, 0.25) is 0 Å². The molecule has 0 radical (unpaired) electrons. The van der Waals surface area contributed by atoms with Crippen molar-refractivity contribution in [3.8, 4) is 11.5 Å². The molecule has 29 heavy (non-hydrogen) atoms. The highest BCUT2D eigenvalue weighted by atomic mass is 16.5. The van der Waals surface area contributed by atoms with E-state index in [9.17, 15) is 9.59 Å². The lowest BCUT2D eigenvalue weighted by Gasteiger charge is -2.30. The quantitative estimate of drug-likeness (QED) is 0.539. The number of carbonyl (C=O) groups is 2. The van der Waals surface area contributed by atoms with E-state index in [1.807, 2.05) is 43.3 Å². The van der Waals surface area contributed by atoms with Crippen molar-refractivity contribution in [3.63, 3.8) is 0 Å². The van der Waals surface area contributed by atoms with Crippen LogP contribution in [0.25, 0.3) is 5.57 Å². The third-order valence-electron chi connectivity index (χ3n) is 5.23. The monoisotopic (exact) mass is 394 g/mol. The highest BCUT2D eigenvalue weighted by molar-refractivity contribution is 6.10. The maximum Gasteiger partial charge on any atom is 0.317 e. The van der Waals surface area contributed by atoms with E-state index in [1.54, 1.807) is 33.3 Å². The minimum absolute atomic E-state index is 0.227. The third kappa shape index (κ3) is 4.50. The second kappa shape index (κ2) is 8.95. The van der Waals surface area contributed by atoms with Crippen LogP contribution in [0.5, 0.6) is 11.5 Å². The van der Waals surface area contributed by atoms with Crippen LogP contribution in [-0.2, 0) is 14.3 Å². The number of aryl methyl sites for hydroxylation is 1. The lowest BCUT2D eigenvalue weighted by molar-refractivity contribution is -0.151. The van der Waals surface area contributed by atoms with Crippen LogP contribution in [0.4, 0.5) is 0 Å². The predicted molar refractivity (Wildman–Crippen MR) is 111 cm³/mol. The number of benzene rings is 2. The second-order valence-electron chi connectivity index (χ2n) is 7.12. The Hall–Kier alpha value is -3.08. The molecule has 0 bridgehead atoms. The van der Waals surface area contributed by atoms with Crippen LogP contribution in [-0.4, -0.2) is 32.6 Å². The summed E-state index contributed by atoms with van der Waals surface area (Å²) in [7, 11) is 3.15. The van der Waals surface area contributed by atoms with Gasteiger partial charge in [0.05, 0.1) is 20.8 Å². The summed E-state index contributed by atoms with van der Waals surface area (Å²) in [6.45, 7) is 3.99. The molecule has 0 heterocycles. The van der Waals surface area contributed by atoms with E-state index in [2.05, 4.69) is 0 Å². The molecule has 5 nitrogen and oxygen atoms in total. The summed E-state index contributed by atoms with van der Waals surface area (Å²) in [4.78, 5) is 25.7. The van der Waals surface area contributed by atoms with Gasteiger partial charge < -0.3 is 14.2 Å². The van der Waals surface area contributed by atoms with E-state index < -0.39 is 11.9 Å². The van der Waals surface area contributed by atoms with Gasteiger partial charge in [-0.2, -0.15) is 0 Å². The van der Waals surface area contributed by atoms with Crippen LogP contribution < -0.4 is 9.47 Å². The summed E-state index contributed by atoms with van der Waals surface area (Å²) in [6, 6.07) is 13.5. The number of hydrogen-bond acceptors (Lipinski definition) is 5. The molecule has 5 heteroatoms. The zero-order valence-corrected chi connectivity index (χ0v) is 17.2. The van der Waals surface area contributed by atoms with E-state index in [4.69, 9.17) is 14.2 Å². The molecule has 0 saturated carbocycles. The molecule has 0 aliphatic heterocycles. The Morgan fingerprint density at radius 1 is 1.03 bits per heavy atom. The van der Waals surface area contributed by atoms with E-state index in [-0.39, 0.29) is 18.3 Å². The van der Waals surface area contributed by atoms with Gasteiger partial charge in [-0.15, -0.1) is 0 Å². The molecule has 1 aliphatic rings. The molecule has 0 aromatic heterocycles. The standard InChI is InChI=1S/C24H26O5/c1-5-29-24(26)23-21(18-10-19(27-3)14-20(11-18)28-4)12-17(13-22(23)25)16-8-6-15(2)7-9-16/h6-11,13-14,21,23H,5,12H2,1-4H3/t21-,23+/m1/s1. The summed E-state index contributed by atoms with van der Waals surface area (Å²) in [5.41, 5.74) is 3.84. The van der Waals surface area contributed by atoms with Crippen LogP contribution in [0.3, 0.4) is 0 Å². The van der Waals surface area contributed by atoms with Gasteiger partial charge in [-0.25, -0.2) is 0 Å². The minimum atomic E-state index is -0.888. The van der Waals surface area contributed by atoms with E-state index in [0.717, 1.165) is 22.3 Å². The van der Waals surface area contributed by atoms with Gasteiger partial charge >= 0.3 is 5.97 Å². The van der Waals surface area contributed by atoms with Gasteiger partial charge in [0.1, 0.15) is 17.4 Å². The topological polar surface area (TPSA) is 61.8 Å². The molecule has 0 amide bonds. The molecular weight excluding hydrogens is 368 g/mol. The summed E-state index contributed by atoms with van der Waals surface area (Å²) in [6.07, 6.45) is 2.12. The van der Waals surface area contributed by atoms with Crippen molar-refractivity contribution in [2.75, 3.05) is 20.8 Å². The number of rotatable bonds is 6. The lowest BCUT2D eigenvalue weighted by atomic mass is 9.73. The fourth-order valence-corrected chi connectivity index (χ4v) is 3.71. The molecule has 0 saturated heterocycles. The van der Waals surface area contributed by atoms with Gasteiger partial charge in [0.15, 0.2) is 5.78 Å². The van der Waals surface area contributed by atoms with Crippen LogP contribution >= 0.6 is 0 Å². The Labute approximate surface area is 171 Å². The van der Waals surface area contributed by atoms with Gasteiger partial charge in [-0.05, 0) is 55.2 Å². The van der Waals surface area contributed by atoms with Gasteiger partial charge in [-0.3, -0.25) is 9.59 Å². The Balaban J connectivity index is 2.07. The second-order valence-corrected chi connectivity index (χ2v) is 7.12. The van der Waals surface area contributed by atoms with Crippen molar-refractivity contribution < 1.29 is 23.8 Å². The van der Waals surface area contributed by atoms with Crippen LogP contribution in [0.1, 0.15) is 36.0 Å². The normalized spacial score (nSPS) is 18.8. The molecule has 0 fully saturated rings. The fourth-order valence-electron chi connectivity index (χ4n) is 3.71.